The zero-order valence-corrected chi connectivity index (χ0v) is 9.38. The van der Waals surface area contributed by atoms with Gasteiger partial charge in [-0.2, -0.15) is 0 Å². The summed E-state index contributed by atoms with van der Waals surface area (Å²) in [5.74, 6) is 0. The number of benzene rings is 1. The van der Waals surface area contributed by atoms with E-state index in [1.54, 1.807) is 6.07 Å². The molecule has 0 nitrogen and oxygen atoms in total. The Balaban J connectivity index is 2.93. The van der Waals surface area contributed by atoms with Gasteiger partial charge in [-0.25, -0.2) is 0 Å². The topological polar surface area (TPSA) is 0 Å². The monoisotopic (exact) mass is 264 g/mol. The summed E-state index contributed by atoms with van der Waals surface area (Å²) in [5, 5.41) is 1.32. The lowest BCUT2D eigenvalue weighted by Gasteiger charge is -2.00. The Morgan fingerprint density at radius 2 is 1.75 bits per heavy atom. The van der Waals surface area contributed by atoms with E-state index in [1.165, 1.54) is 0 Å². The van der Waals surface area contributed by atoms with Crippen LogP contribution in [0, 0.1) is 0 Å². The average Bonchev–Trinajstić information content (AvgIpc) is 1.81. The number of allylic oxidation sites excluding steroid dienone is 1. The molecule has 1 aromatic rings. The molecule has 1 aromatic carbocycles. The molecule has 0 fully saturated rings. The van der Waals surface area contributed by atoms with Gasteiger partial charge in [0.15, 0.2) is 0 Å². The Labute approximate surface area is 90.3 Å². The quantitative estimate of drug-likeness (QED) is 0.742. The van der Waals surface area contributed by atoms with Gasteiger partial charge >= 0.3 is 0 Å². The van der Waals surface area contributed by atoms with Crippen molar-refractivity contribution in [3.05, 3.63) is 44.9 Å². The SMILES string of the molecule is C=C(Br)Cc1cc(Cl)cc(Cl)c1. The molecule has 0 aliphatic heterocycles. The summed E-state index contributed by atoms with van der Waals surface area (Å²) in [6.45, 7) is 3.74. The van der Waals surface area contributed by atoms with Crippen LogP contribution in [0.4, 0.5) is 0 Å². The molecule has 0 heterocycles. The maximum atomic E-state index is 5.80. The molecule has 0 aliphatic carbocycles. The van der Waals surface area contributed by atoms with E-state index in [4.69, 9.17) is 23.2 Å². The van der Waals surface area contributed by atoms with Crippen LogP contribution >= 0.6 is 39.1 Å². The first kappa shape index (κ1) is 10.1. The van der Waals surface area contributed by atoms with Gasteiger partial charge in [0.2, 0.25) is 0 Å². The van der Waals surface area contributed by atoms with Crippen LogP contribution in [0.1, 0.15) is 5.56 Å². The summed E-state index contributed by atoms with van der Waals surface area (Å²) in [6.07, 6.45) is 0.750. The van der Waals surface area contributed by atoms with Crippen LogP contribution in [-0.4, -0.2) is 0 Å². The lowest BCUT2D eigenvalue weighted by Crippen LogP contribution is -1.83. The summed E-state index contributed by atoms with van der Waals surface area (Å²) in [6, 6.07) is 5.46. The van der Waals surface area contributed by atoms with E-state index in [0.717, 1.165) is 16.5 Å². The van der Waals surface area contributed by atoms with Crippen LogP contribution in [0.25, 0.3) is 0 Å². The third kappa shape index (κ3) is 3.18. The van der Waals surface area contributed by atoms with Crippen LogP contribution in [0.2, 0.25) is 10.0 Å². The predicted octanol–water partition coefficient (Wildman–Crippen LogP) is 4.44. The van der Waals surface area contributed by atoms with Crippen molar-refractivity contribution in [2.45, 2.75) is 6.42 Å². The Morgan fingerprint density at radius 3 is 2.17 bits per heavy atom. The molecule has 0 unspecified atom stereocenters. The fraction of sp³-hybridized carbons (Fsp3) is 0.111. The van der Waals surface area contributed by atoms with Crippen LogP contribution < -0.4 is 0 Å². The van der Waals surface area contributed by atoms with Crippen molar-refractivity contribution in [2.24, 2.45) is 0 Å². The van der Waals surface area contributed by atoms with Crippen LogP contribution in [0.15, 0.2) is 29.3 Å². The van der Waals surface area contributed by atoms with E-state index in [2.05, 4.69) is 22.5 Å². The predicted molar refractivity (Wildman–Crippen MR) is 58.2 cm³/mol. The maximum Gasteiger partial charge on any atom is 0.0423 e. The molecule has 0 saturated heterocycles. The Hall–Kier alpha value is 0.0200. The molecule has 0 bridgehead atoms. The Kier molecular flexibility index (Phi) is 3.63. The minimum absolute atomic E-state index is 0.659. The molecule has 3 heteroatoms. The summed E-state index contributed by atoms with van der Waals surface area (Å²) in [4.78, 5) is 0. The van der Waals surface area contributed by atoms with Gasteiger partial charge in [-0.05, 0) is 28.2 Å². The Morgan fingerprint density at radius 1 is 1.25 bits per heavy atom. The molecule has 0 amide bonds. The summed E-state index contributed by atoms with van der Waals surface area (Å²) >= 11 is 14.9. The molecular weight excluding hydrogens is 259 g/mol. The zero-order chi connectivity index (χ0) is 9.14. The summed E-state index contributed by atoms with van der Waals surface area (Å²) in [5.41, 5.74) is 1.06. The van der Waals surface area contributed by atoms with Crippen molar-refractivity contribution >= 4 is 39.1 Å². The fourth-order valence-electron chi connectivity index (χ4n) is 0.934. The summed E-state index contributed by atoms with van der Waals surface area (Å²) < 4.78 is 0.917. The van der Waals surface area contributed by atoms with Crippen molar-refractivity contribution in [3.63, 3.8) is 0 Å². The molecule has 0 saturated carbocycles. The molecule has 12 heavy (non-hydrogen) atoms. The van der Waals surface area contributed by atoms with Gasteiger partial charge in [-0.15, -0.1) is 0 Å². The van der Waals surface area contributed by atoms with Gasteiger partial charge in [-0.1, -0.05) is 45.7 Å². The molecular formula is C9H7BrCl2. The standard InChI is InChI=1S/C9H7BrCl2/c1-6(10)2-7-3-8(11)5-9(12)4-7/h3-5H,1-2H2. The molecule has 0 spiro atoms. The van der Waals surface area contributed by atoms with Crippen LogP contribution in [-0.2, 0) is 6.42 Å². The third-order valence-electron chi connectivity index (χ3n) is 1.32. The lowest BCUT2D eigenvalue weighted by atomic mass is 10.1. The second kappa shape index (κ2) is 4.31. The van der Waals surface area contributed by atoms with Gasteiger partial charge < -0.3 is 0 Å². The third-order valence-corrected chi connectivity index (χ3v) is 2.04. The zero-order valence-electron chi connectivity index (χ0n) is 6.28. The minimum atomic E-state index is 0.659. The van der Waals surface area contributed by atoms with E-state index in [-0.39, 0.29) is 0 Å². The average molecular weight is 266 g/mol. The highest BCUT2D eigenvalue weighted by Crippen LogP contribution is 2.21. The van der Waals surface area contributed by atoms with Crippen molar-refractivity contribution in [2.75, 3.05) is 0 Å². The normalized spacial score (nSPS) is 9.92. The van der Waals surface area contributed by atoms with Crippen molar-refractivity contribution in [1.29, 1.82) is 0 Å². The van der Waals surface area contributed by atoms with E-state index < -0.39 is 0 Å². The van der Waals surface area contributed by atoms with E-state index in [1.807, 2.05) is 12.1 Å². The number of halogens is 3. The second-order valence-corrected chi connectivity index (χ2v) is 4.47. The minimum Gasteiger partial charge on any atom is -0.0885 e. The summed E-state index contributed by atoms with van der Waals surface area (Å²) in [7, 11) is 0. The van der Waals surface area contributed by atoms with Crippen LogP contribution in [0.5, 0.6) is 0 Å². The largest absolute Gasteiger partial charge is 0.0885 e. The second-order valence-electron chi connectivity index (χ2n) is 2.47. The lowest BCUT2D eigenvalue weighted by molar-refractivity contribution is 1.26. The first-order valence-corrected chi connectivity index (χ1v) is 4.91. The van der Waals surface area contributed by atoms with Gasteiger partial charge in [0.05, 0.1) is 0 Å². The molecule has 0 N–H and O–H groups in total. The highest BCUT2D eigenvalue weighted by Gasteiger charge is 1.98. The van der Waals surface area contributed by atoms with Crippen molar-refractivity contribution in [3.8, 4) is 0 Å². The van der Waals surface area contributed by atoms with E-state index in [0.29, 0.717) is 10.0 Å². The van der Waals surface area contributed by atoms with E-state index in [9.17, 15) is 0 Å². The first-order chi connectivity index (χ1) is 5.58. The molecule has 64 valence electrons. The number of rotatable bonds is 2. The number of hydrogen-bond donors (Lipinski definition) is 0. The van der Waals surface area contributed by atoms with Gasteiger partial charge in [-0.3, -0.25) is 0 Å². The van der Waals surface area contributed by atoms with Crippen LogP contribution in [0.3, 0.4) is 0 Å². The van der Waals surface area contributed by atoms with E-state index >= 15 is 0 Å². The van der Waals surface area contributed by atoms with Crippen molar-refractivity contribution < 1.29 is 0 Å². The van der Waals surface area contributed by atoms with Crippen molar-refractivity contribution in [1.82, 2.24) is 0 Å². The molecule has 0 radical (unpaired) electrons. The first-order valence-electron chi connectivity index (χ1n) is 3.36. The molecule has 1 rings (SSSR count). The molecule has 0 aliphatic rings. The molecule has 0 aromatic heterocycles. The number of hydrogen-bond acceptors (Lipinski definition) is 0. The highest BCUT2D eigenvalue weighted by molar-refractivity contribution is 9.11. The maximum absolute atomic E-state index is 5.80. The molecule has 0 atom stereocenters. The Bertz CT molecular complexity index is 287. The van der Waals surface area contributed by atoms with Gasteiger partial charge in [0.1, 0.15) is 0 Å². The van der Waals surface area contributed by atoms with Gasteiger partial charge in [0, 0.05) is 16.5 Å². The fourth-order valence-corrected chi connectivity index (χ4v) is 1.83. The highest BCUT2D eigenvalue weighted by atomic mass is 79.9. The smallest absolute Gasteiger partial charge is 0.0423 e. The van der Waals surface area contributed by atoms with Gasteiger partial charge in [0.25, 0.3) is 0 Å².